The van der Waals surface area contributed by atoms with E-state index in [1.54, 1.807) is 24.3 Å². The van der Waals surface area contributed by atoms with Crippen LogP contribution in [0.2, 0.25) is 0 Å². The van der Waals surface area contributed by atoms with Gasteiger partial charge in [0.2, 0.25) is 0 Å². The average molecular weight is 435 g/mol. The molecule has 0 aromatic carbocycles. The molecule has 0 saturated carbocycles. The molecule has 8 heteroatoms. The minimum atomic E-state index is -0.278. The molecule has 0 spiro atoms. The molecule has 1 amide bonds. The number of nitrogens with one attached hydrogen (secondary N) is 1. The number of carbonyl (C=O) groups excluding carboxylic acids is 1. The van der Waals surface area contributed by atoms with Crippen molar-refractivity contribution in [2.75, 3.05) is 5.32 Å². The summed E-state index contributed by atoms with van der Waals surface area (Å²) in [6.07, 6.45) is 5.26. The predicted molar refractivity (Wildman–Crippen MR) is 118 cm³/mol. The van der Waals surface area contributed by atoms with Gasteiger partial charge >= 0.3 is 0 Å². The summed E-state index contributed by atoms with van der Waals surface area (Å²) in [4.78, 5) is 20.0. The minimum Gasteiger partial charge on any atom is -0.335 e. The highest BCUT2D eigenvalue weighted by Gasteiger charge is 2.24. The highest BCUT2D eigenvalue weighted by atomic mass is 32.1. The third-order valence-electron chi connectivity index (χ3n) is 5.40. The van der Waals surface area contributed by atoms with Gasteiger partial charge in [0.05, 0.1) is 32.8 Å². The first-order valence-electron chi connectivity index (χ1n) is 9.82. The second-order valence-corrected chi connectivity index (χ2v) is 9.37. The molecule has 4 heterocycles. The Morgan fingerprint density at radius 1 is 1.30 bits per heavy atom. The fourth-order valence-electron chi connectivity index (χ4n) is 3.94. The number of fused-ring (bicyclic) bond motifs is 2. The van der Waals surface area contributed by atoms with Crippen LogP contribution in [-0.4, -0.2) is 16.0 Å². The fourth-order valence-corrected chi connectivity index (χ4v) is 5.86. The highest BCUT2D eigenvalue weighted by molar-refractivity contribution is 7.16. The number of rotatable bonds is 3. The largest absolute Gasteiger partial charge is 0.335 e. The van der Waals surface area contributed by atoms with Gasteiger partial charge in [-0.1, -0.05) is 17.6 Å². The second kappa shape index (κ2) is 7.67. The zero-order chi connectivity index (χ0) is 20.7. The molecule has 0 bridgehead atoms. The Bertz CT molecular complexity index is 1300. The third kappa shape index (κ3) is 3.20. The van der Waals surface area contributed by atoms with Crippen LogP contribution in [0.3, 0.4) is 0 Å². The van der Waals surface area contributed by atoms with Crippen molar-refractivity contribution in [3.63, 3.8) is 0 Å². The van der Waals surface area contributed by atoms with E-state index in [9.17, 15) is 10.1 Å². The number of aromatic nitrogens is 2. The molecular weight excluding hydrogens is 416 g/mol. The molecule has 0 unspecified atom stereocenters. The molecular formula is C22H18N4O2S2. The van der Waals surface area contributed by atoms with Crippen LogP contribution in [0.4, 0.5) is 5.00 Å². The Balaban J connectivity index is 1.57. The lowest BCUT2D eigenvalue weighted by Gasteiger charge is -2.07. The Morgan fingerprint density at radius 2 is 2.17 bits per heavy atom. The third-order valence-corrected chi connectivity index (χ3v) is 7.50. The molecule has 150 valence electrons. The Labute approximate surface area is 181 Å². The van der Waals surface area contributed by atoms with Crippen molar-refractivity contribution in [3.05, 3.63) is 50.8 Å². The molecule has 1 aliphatic carbocycles. The van der Waals surface area contributed by atoms with Crippen molar-refractivity contribution in [2.45, 2.75) is 39.0 Å². The van der Waals surface area contributed by atoms with E-state index >= 15 is 0 Å². The van der Waals surface area contributed by atoms with Crippen molar-refractivity contribution in [2.24, 2.45) is 0 Å². The van der Waals surface area contributed by atoms with E-state index in [1.807, 2.05) is 17.5 Å². The number of thiophene rings is 2. The van der Waals surface area contributed by atoms with Crippen molar-refractivity contribution in [1.29, 1.82) is 5.26 Å². The first-order chi connectivity index (χ1) is 14.7. The molecule has 0 saturated heterocycles. The summed E-state index contributed by atoms with van der Waals surface area (Å²) in [7, 11) is 0. The van der Waals surface area contributed by atoms with Crippen LogP contribution in [0.15, 0.2) is 28.1 Å². The zero-order valence-electron chi connectivity index (χ0n) is 16.3. The van der Waals surface area contributed by atoms with Gasteiger partial charge in [-0.3, -0.25) is 4.79 Å². The van der Waals surface area contributed by atoms with Gasteiger partial charge in [0.15, 0.2) is 0 Å². The maximum absolute atomic E-state index is 13.3. The van der Waals surface area contributed by atoms with Gasteiger partial charge in [-0.05, 0) is 55.7 Å². The first-order valence-corrected chi connectivity index (χ1v) is 11.5. The van der Waals surface area contributed by atoms with Gasteiger partial charge in [0.25, 0.3) is 11.6 Å². The van der Waals surface area contributed by atoms with Crippen molar-refractivity contribution in [3.8, 4) is 16.6 Å². The molecule has 1 aliphatic rings. The van der Waals surface area contributed by atoms with Crippen LogP contribution in [-0.2, 0) is 12.8 Å². The van der Waals surface area contributed by atoms with E-state index in [-0.39, 0.29) is 5.91 Å². The summed E-state index contributed by atoms with van der Waals surface area (Å²) < 4.78 is 5.37. The van der Waals surface area contributed by atoms with Crippen LogP contribution >= 0.6 is 22.7 Å². The molecule has 0 fully saturated rings. The fraction of sp³-hybridized carbons (Fsp3) is 0.273. The van der Waals surface area contributed by atoms with Crippen LogP contribution in [0.1, 0.15) is 51.3 Å². The van der Waals surface area contributed by atoms with Gasteiger partial charge in [-0.2, -0.15) is 5.26 Å². The monoisotopic (exact) mass is 434 g/mol. The lowest BCUT2D eigenvalue weighted by atomic mass is 10.1. The minimum absolute atomic E-state index is 0.278. The number of aryl methyl sites for hydroxylation is 2. The molecule has 0 atom stereocenters. The van der Waals surface area contributed by atoms with E-state index in [1.165, 1.54) is 22.6 Å². The number of nitriles is 1. The van der Waals surface area contributed by atoms with Crippen molar-refractivity contribution >= 4 is 44.7 Å². The van der Waals surface area contributed by atoms with Crippen LogP contribution in [0, 0.1) is 18.3 Å². The molecule has 0 aliphatic heterocycles. The number of hydrogen-bond donors (Lipinski definition) is 1. The average Bonchev–Trinajstić information content (AvgIpc) is 3.44. The van der Waals surface area contributed by atoms with Gasteiger partial charge in [0.1, 0.15) is 11.1 Å². The quantitative estimate of drug-likeness (QED) is 0.417. The van der Waals surface area contributed by atoms with Gasteiger partial charge in [-0.25, -0.2) is 4.98 Å². The van der Waals surface area contributed by atoms with Gasteiger partial charge < -0.3 is 9.84 Å². The lowest BCUT2D eigenvalue weighted by molar-refractivity contribution is 0.102. The summed E-state index contributed by atoms with van der Waals surface area (Å²) in [6, 6.07) is 7.99. The summed E-state index contributed by atoms with van der Waals surface area (Å²) >= 11 is 3.07. The molecule has 5 rings (SSSR count). The van der Waals surface area contributed by atoms with Gasteiger partial charge in [-0.15, -0.1) is 22.7 Å². The van der Waals surface area contributed by atoms with E-state index in [0.717, 1.165) is 36.1 Å². The van der Waals surface area contributed by atoms with E-state index in [2.05, 4.69) is 21.5 Å². The number of hydrogen-bond acceptors (Lipinski definition) is 7. The smallest absolute Gasteiger partial charge is 0.259 e. The molecule has 4 aromatic heterocycles. The maximum Gasteiger partial charge on any atom is 0.259 e. The predicted octanol–water partition coefficient (Wildman–Crippen LogP) is 5.71. The molecule has 4 aromatic rings. The van der Waals surface area contributed by atoms with Crippen molar-refractivity contribution in [1.82, 2.24) is 10.1 Å². The normalized spacial score (nSPS) is 13.6. The SMILES string of the molecule is Cc1noc2nc(-c3cccs3)cc(C(=O)Nc3sc4c(c3C#N)CCCCC4)c12. The summed E-state index contributed by atoms with van der Waals surface area (Å²) in [6.45, 7) is 1.79. The Morgan fingerprint density at radius 3 is 2.97 bits per heavy atom. The summed E-state index contributed by atoms with van der Waals surface area (Å²) in [5.74, 6) is -0.278. The summed E-state index contributed by atoms with van der Waals surface area (Å²) in [5.41, 5.74) is 3.79. The maximum atomic E-state index is 13.3. The number of amides is 1. The molecule has 30 heavy (non-hydrogen) atoms. The highest BCUT2D eigenvalue weighted by Crippen LogP contribution is 2.38. The molecule has 6 nitrogen and oxygen atoms in total. The lowest BCUT2D eigenvalue weighted by Crippen LogP contribution is -2.13. The summed E-state index contributed by atoms with van der Waals surface area (Å²) in [5, 5.41) is 20.0. The number of nitrogens with zero attached hydrogens (tertiary/aromatic N) is 3. The first kappa shape index (κ1) is 19.0. The standard InChI is InChI=1S/C22H18N4O2S2/c1-12-19-14(10-16(18-8-5-9-29-18)24-21(19)28-26-12)20(27)25-22-15(11-23)13-6-3-2-4-7-17(13)30-22/h5,8-10H,2-4,6-7H2,1H3,(H,25,27). The van der Waals surface area contributed by atoms with E-state index in [4.69, 9.17) is 4.52 Å². The number of carbonyl (C=O) groups is 1. The Hall–Kier alpha value is -3.02. The topological polar surface area (TPSA) is 91.8 Å². The zero-order valence-corrected chi connectivity index (χ0v) is 18.0. The Kier molecular flexibility index (Phi) is 4.85. The second-order valence-electron chi connectivity index (χ2n) is 7.31. The van der Waals surface area contributed by atoms with E-state index < -0.39 is 0 Å². The molecule has 1 N–H and O–H groups in total. The van der Waals surface area contributed by atoms with E-state index in [0.29, 0.717) is 38.6 Å². The van der Waals surface area contributed by atoms with Gasteiger partial charge in [0, 0.05) is 4.88 Å². The molecule has 0 radical (unpaired) electrons. The van der Waals surface area contributed by atoms with Crippen LogP contribution < -0.4 is 5.32 Å². The number of anilines is 1. The van der Waals surface area contributed by atoms with Crippen LogP contribution in [0.25, 0.3) is 21.7 Å². The van der Waals surface area contributed by atoms with Crippen molar-refractivity contribution < 1.29 is 9.32 Å². The number of pyridine rings is 1. The van der Waals surface area contributed by atoms with Crippen LogP contribution in [0.5, 0.6) is 0 Å².